The number of benzene rings is 1. The van der Waals surface area contributed by atoms with E-state index in [1.165, 1.54) is 11.1 Å². The first-order valence-electron chi connectivity index (χ1n) is 9.33. The highest BCUT2D eigenvalue weighted by molar-refractivity contribution is 5.93. The molecule has 142 valence electrons. The molecule has 3 heterocycles. The fourth-order valence-electron chi connectivity index (χ4n) is 3.53. The third kappa shape index (κ3) is 3.94. The van der Waals surface area contributed by atoms with Crippen LogP contribution in [0.25, 0.3) is 0 Å². The molecular formula is C20H24N4O3. The molecular weight excluding hydrogens is 344 g/mol. The summed E-state index contributed by atoms with van der Waals surface area (Å²) in [5.74, 6) is -0.00941. The fourth-order valence-corrected chi connectivity index (χ4v) is 3.53. The number of aryl methyl sites for hydroxylation is 1. The smallest absolute Gasteiger partial charge is 0.256 e. The monoisotopic (exact) mass is 368 g/mol. The fraction of sp³-hybridized carbons (Fsp3) is 0.450. The molecule has 1 aromatic heterocycles. The molecule has 4 rings (SSSR count). The minimum Gasteiger partial charge on any atom is -0.350 e. The molecule has 2 aliphatic heterocycles. The Balaban J connectivity index is 1.33. The predicted octanol–water partition coefficient (Wildman–Crippen LogP) is 2.38. The maximum absolute atomic E-state index is 12.7. The lowest BCUT2D eigenvalue weighted by atomic mass is 10.0. The van der Waals surface area contributed by atoms with E-state index in [2.05, 4.69) is 34.3 Å². The van der Waals surface area contributed by atoms with E-state index in [0.717, 1.165) is 0 Å². The second-order valence-corrected chi connectivity index (χ2v) is 6.98. The Morgan fingerprint density at radius 2 is 1.81 bits per heavy atom. The first-order valence-corrected chi connectivity index (χ1v) is 9.33. The van der Waals surface area contributed by atoms with Crippen LogP contribution >= 0.6 is 0 Å². The van der Waals surface area contributed by atoms with Gasteiger partial charge >= 0.3 is 0 Å². The number of hydrogen-bond donors (Lipinski definition) is 1. The molecule has 0 saturated carbocycles. The van der Waals surface area contributed by atoms with Crippen LogP contribution in [0.5, 0.6) is 0 Å². The van der Waals surface area contributed by atoms with E-state index in [-0.39, 0.29) is 5.91 Å². The van der Waals surface area contributed by atoms with Crippen molar-refractivity contribution in [2.24, 2.45) is 0 Å². The van der Waals surface area contributed by atoms with Crippen molar-refractivity contribution >= 4 is 11.9 Å². The first-order chi connectivity index (χ1) is 13.2. The topological polar surface area (TPSA) is 76.6 Å². The Labute approximate surface area is 158 Å². The van der Waals surface area contributed by atoms with Gasteiger partial charge < -0.3 is 19.7 Å². The lowest BCUT2D eigenvalue weighted by molar-refractivity contribution is -0.181. The zero-order valence-corrected chi connectivity index (χ0v) is 15.5. The molecule has 2 saturated heterocycles. The first kappa shape index (κ1) is 17.9. The molecule has 1 N–H and O–H groups in total. The summed E-state index contributed by atoms with van der Waals surface area (Å²) >= 11 is 0. The van der Waals surface area contributed by atoms with Gasteiger partial charge in [0.2, 0.25) is 5.95 Å². The number of carbonyl (C=O) groups excluding carboxylic acids is 1. The molecule has 1 amide bonds. The molecule has 7 nitrogen and oxygen atoms in total. The second kappa shape index (κ2) is 7.62. The Kier molecular flexibility index (Phi) is 5.05. The van der Waals surface area contributed by atoms with Crippen LogP contribution in [0.1, 0.15) is 34.3 Å². The molecule has 0 unspecified atom stereocenters. The van der Waals surface area contributed by atoms with Crippen LogP contribution in [0, 0.1) is 6.92 Å². The zero-order chi connectivity index (χ0) is 18.7. The lowest BCUT2D eigenvalue weighted by Crippen LogP contribution is -2.47. The van der Waals surface area contributed by atoms with Crippen molar-refractivity contribution in [3.05, 3.63) is 53.3 Å². The normalized spacial score (nSPS) is 18.6. The van der Waals surface area contributed by atoms with Crippen LogP contribution in [-0.2, 0) is 16.0 Å². The molecule has 0 bridgehead atoms. The van der Waals surface area contributed by atoms with Crippen LogP contribution < -0.4 is 5.32 Å². The van der Waals surface area contributed by atoms with Gasteiger partial charge in [0.05, 0.1) is 18.8 Å². The van der Waals surface area contributed by atoms with Crippen LogP contribution in [0.3, 0.4) is 0 Å². The lowest BCUT2D eigenvalue weighted by Gasteiger charge is -2.37. The van der Waals surface area contributed by atoms with Gasteiger partial charge in [0.25, 0.3) is 5.91 Å². The van der Waals surface area contributed by atoms with Crippen LogP contribution in [0.15, 0.2) is 36.7 Å². The number of likely N-dealkylation sites (tertiary alicyclic amines) is 1. The van der Waals surface area contributed by atoms with Crippen molar-refractivity contribution in [1.29, 1.82) is 0 Å². The average Bonchev–Trinajstić information content (AvgIpc) is 3.16. The van der Waals surface area contributed by atoms with E-state index in [4.69, 9.17) is 9.47 Å². The zero-order valence-electron chi connectivity index (χ0n) is 15.5. The molecule has 1 aromatic carbocycles. The number of nitrogens with one attached hydrogen (secondary N) is 1. The van der Waals surface area contributed by atoms with Gasteiger partial charge in [0, 0.05) is 44.9 Å². The number of rotatable bonds is 4. The highest BCUT2D eigenvalue weighted by atomic mass is 16.7. The minimum absolute atomic E-state index is 0.0479. The van der Waals surface area contributed by atoms with Gasteiger partial charge in [-0.1, -0.05) is 24.3 Å². The average molecular weight is 368 g/mol. The predicted molar refractivity (Wildman–Crippen MR) is 100 cm³/mol. The van der Waals surface area contributed by atoms with E-state index in [9.17, 15) is 4.79 Å². The Morgan fingerprint density at radius 1 is 1.15 bits per heavy atom. The molecule has 0 aliphatic carbocycles. The number of anilines is 1. The molecule has 1 spiro atoms. The Morgan fingerprint density at radius 3 is 2.48 bits per heavy atom. The number of hydrogen-bond acceptors (Lipinski definition) is 6. The highest BCUT2D eigenvalue weighted by Gasteiger charge is 2.40. The largest absolute Gasteiger partial charge is 0.350 e. The van der Waals surface area contributed by atoms with E-state index in [1.807, 2.05) is 17.0 Å². The van der Waals surface area contributed by atoms with Gasteiger partial charge in [-0.05, 0) is 18.1 Å². The number of aromatic nitrogens is 2. The van der Waals surface area contributed by atoms with Crippen molar-refractivity contribution in [1.82, 2.24) is 14.9 Å². The van der Waals surface area contributed by atoms with Gasteiger partial charge in [-0.15, -0.1) is 0 Å². The number of amides is 1. The summed E-state index contributed by atoms with van der Waals surface area (Å²) in [6.07, 6.45) is 4.58. The minimum atomic E-state index is -0.476. The highest BCUT2D eigenvalue weighted by Crippen LogP contribution is 2.31. The number of ether oxygens (including phenoxy) is 2. The molecule has 2 aliphatic rings. The van der Waals surface area contributed by atoms with Gasteiger partial charge in [-0.25, -0.2) is 9.97 Å². The van der Waals surface area contributed by atoms with Crippen molar-refractivity contribution in [3.8, 4) is 0 Å². The Bertz CT molecular complexity index is 793. The van der Waals surface area contributed by atoms with Gasteiger partial charge in [0.1, 0.15) is 0 Å². The SMILES string of the molecule is Cc1ccccc1CNc1ncc(C(=O)N2CCC3(CC2)OCCO3)cn1. The van der Waals surface area contributed by atoms with Crippen LogP contribution in [0.2, 0.25) is 0 Å². The third-order valence-corrected chi connectivity index (χ3v) is 5.22. The van der Waals surface area contributed by atoms with Crippen molar-refractivity contribution in [3.63, 3.8) is 0 Å². The Hall–Kier alpha value is -2.51. The maximum atomic E-state index is 12.7. The van der Waals surface area contributed by atoms with Crippen molar-refractivity contribution in [2.45, 2.75) is 32.1 Å². The summed E-state index contributed by atoms with van der Waals surface area (Å²) in [6.45, 7) is 5.23. The van der Waals surface area contributed by atoms with Crippen LogP contribution in [0.4, 0.5) is 5.95 Å². The summed E-state index contributed by atoms with van der Waals surface area (Å²) in [5.41, 5.74) is 2.91. The quantitative estimate of drug-likeness (QED) is 0.893. The second-order valence-electron chi connectivity index (χ2n) is 6.98. The molecule has 27 heavy (non-hydrogen) atoms. The summed E-state index contributed by atoms with van der Waals surface area (Å²) in [4.78, 5) is 23.1. The number of carbonyl (C=O) groups is 1. The molecule has 2 fully saturated rings. The summed E-state index contributed by atoms with van der Waals surface area (Å²) in [6, 6.07) is 8.17. The standard InChI is InChI=1S/C20H24N4O3/c1-15-4-2-3-5-16(15)12-21-19-22-13-17(14-23-19)18(25)24-8-6-20(7-9-24)26-10-11-27-20/h2-5,13-14H,6-12H2,1H3,(H,21,22,23). The number of piperidine rings is 1. The molecule has 7 heteroatoms. The summed E-state index contributed by atoms with van der Waals surface area (Å²) in [5, 5.41) is 3.20. The summed E-state index contributed by atoms with van der Waals surface area (Å²) in [7, 11) is 0. The van der Waals surface area contributed by atoms with E-state index < -0.39 is 5.79 Å². The third-order valence-electron chi connectivity index (χ3n) is 5.22. The number of nitrogens with zero attached hydrogens (tertiary/aromatic N) is 3. The van der Waals surface area contributed by atoms with E-state index >= 15 is 0 Å². The van der Waals surface area contributed by atoms with Crippen LogP contribution in [-0.4, -0.2) is 52.9 Å². The van der Waals surface area contributed by atoms with Gasteiger partial charge in [0.15, 0.2) is 5.79 Å². The molecule has 0 atom stereocenters. The maximum Gasteiger partial charge on any atom is 0.256 e. The summed E-state index contributed by atoms with van der Waals surface area (Å²) < 4.78 is 11.4. The van der Waals surface area contributed by atoms with E-state index in [0.29, 0.717) is 57.2 Å². The molecule has 2 aromatic rings. The van der Waals surface area contributed by atoms with Crippen molar-refractivity contribution in [2.75, 3.05) is 31.6 Å². The van der Waals surface area contributed by atoms with Gasteiger partial charge in [-0.2, -0.15) is 0 Å². The molecule has 0 radical (unpaired) electrons. The van der Waals surface area contributed by atoms with E-state index in [1.54, 1.807) is 12.4 Å². The van der Waals surface area contributed by atoms with Gasteiger partial charge in [-0.3, -0.25) is 4.79 Å². The van der Waals surface area contributed by atoms with Crippen molar-refractivity contribution < 1.29 is 14.3 Å².